The standard InChI is InChI=1S/C9H7ClN2O2S/c10-8-5-1-4(2-11)15-7(5)6(3-12-8)9(13)14/h1,3H,2,11H2,(H,13,14). The van der Waals surface area contributed by atoms with E-state index in [0.717, 1.165) is 4.88 Å². The predicted molar refractivity (Wildman–Crippen MR) is 59.5 cm³/mol. The zero-order valence-electron chi connectivity index (χ0n) is 7.53. The van der Waals surface area contributed by atoms with Crippen LogP contribution in [0.15, 0.2) is 12.3 Å². The van der Waals surface area contributed by atoms with Gasteiger partial charge in [-0.15, -0.1) is 11.3 Å². The van der Waals surface area contributed by atoms with Crippen LogP contribution in [0, 0.1) is 0 Å². The highest BCUT2D eigenvalue weighted by molar-refractivity contribution is 7.19. The summed E-state index contributed by atoms with van der Waals surface area (Å²) in [6.45, 7) is 0.370. The van der Waals surface area contributed by atoms with Gasteiger partial charge in [0.2, 0.25) is 0 Å². The Morgan fingerprint density at radius 3 is 3.00 bits per heavy atom. The Labute approximate surface area is 94.3 Å². The second kappa shape index (κ2) is 3.77. The van der Waals surface area contributed by atoms with Crippen molar-refractivity contribution in [2.24, 2.45) is 5.73 Å². The van der Waals surface area contributed by atoms with Gasteiger partial charge in [-0.05, 0) is 6.07 Å². The van der Waals surface area contributed by atoms with Crippen LogP contribution in [0.3, 0.4) is 0 Å². The number of nitrogens with two attached hydrogens (primary N) is 1. The number of fused-ring (bicyclic) bond motifs is 1. The van der Waals surface area contributed by atoms with Gasteiger partial charge in [-0.25, -0.2) is 9.78 Å². The molecule has 0 unspecified atom stereocenters. The lowest BCUT2D eigenvalue weighted by Crippen LogP contribution is -1.97. The Hall–Kier alpha value is -1.17. The molecule has 0 aromatic carbocycles. The molecule has 78 valence electrons. The van der Waals surface area contributed by atoms with Gasteiger partial charge in [0.15, 0.2) is 0 Å². The molecule has 2 aromatic rings. The summed E-state index contributed by atoms with van der Waals surface area (Å²) >= 11 is 7.20. The SMILES string of the molecule is NCc1cc2c(Cl)ncc(C(=O)O)c2s1. The number of pyridine rings is 1. The summed E-state index contributed by atoms with van der Waals surface area (Å²) in [6, 6.07) is 1.78. The molecule has 2 rings (SSSR count). The van der Waals surface area contributed by atoms with Crippen LogP contribution in [-0.2, 0) is 6.54 Å². The molecule has 6 heteroatoms. The number of aromatic carboxylic acids is 1. The van der Waals surface area contributed by atoms with Crippen LogP contribution in [0.4, 0.5) is 0 Å². The van der Waals surface area contributed by atoms with Crippen LogP contribution in [0.1, 0.15) is 15.2 Å². The fraction of sp³-hybridized carbons (Fsp3) is 0.111. The molecule has 0 aliphatic rings. The first kappa shape index (κ1) is 10.4. The quantitative estimate of drug-likeness (QED) is 0.791. The van der Waals surface area contributed by atoms with Gasteiger partial charge in [-0.2, -0.15) is 0 Å². The van der Waals surface area contributed by atoms with Gasteiger partial charge in [-0.1, -0.05) is 11.6 Å². The van der Waals surface area contributed by atoms with Gasteiger partial charge in [0, 0.05) is 23.0 Å². The summed E-state index contributed by atoms with van der Waals surface area (Å²) in [5.41, 5.74) is 5.66. The van der Waals surface area contributed by atoms with Crippen molar-refractivity contribution in [2.75, 3.05) is 0 Å². The first-order chi connectivity index (χ1) is 7.13. The molecule has 0 amide bonds. The molecule has 0 saturated heterocycles. The van der Waals surface area contributed by atoms with Gasteiger partial charge < -0.3 is 10.8 Å². The summed E-state index contributed by atoms with van der Waals surface area (Å²) in [5, 5.41) is 9.91. The Balaban J connectivity index is 2.80. The Morgan fingerprint density at radius 2 is 2.40 bits per heavy atom. The Bertz CT molecular complexity index is 538. The summed E-state index contributed by atoms with van der Waals surface area (Å²) in [4.78, 5) is 15.6. The fourth-order valence-electron chi connectivity index (χ4n) is 1.30. The van der Waals surface area contributed by atoms with Crippen molar-refractivity contribution in [3.63, 3.8) is 0 Å². The van der Waals surface area contributed by atoms with E-state index >= 15 is 0 Å². The Kier molecular flexibility index (Phi) is 2.60. The number of halogens is 1. The normalized spacial score (nSPS) is 10.8. The van der Waals surface area contributed by atoms with E-state index in [1.807, 2.05) is 0 Å². The van der Waals surface area contributed by atoms with E-state index in [-0.39, 0.29) is 5.56 Å². The topological polar surface area (TPSA) is 76.2 Å². The van der Waals surface area contributed by atoms with Crippen molar-refractivity contribution in [2.45, 2.75) is 6.54 Å². The van der Waals surface area contributed by atoms with Crippen molar-refractivity contribution in [1.82, 2.24) is 4.98 Å². The molecule has 0 fully saturated rings. The molecule has 0 aliphatic heterocycles. The molecule has 3 N–H and O–H groups in total. The Morgan fingerprint density at radius 1 is 1.67 bits per heavy atom. The van der Waals surface area contributed by atoms with Crippen molar-refractivity contribution >= 4 is 39.0 Å². The van der Waals surface area contributed by atoms with Crippen molar-refractivity contribution in [1.29, 1.82) is 0 Å². The third-order valence-electron chi connectivity index (χ3n) is 1.99. The van der Waals surface area contributed by atoms with Gasteiger partial charge in [0.25, 0.3) is 0 Å². The van der Waals surface area contributed by atoms with Crippen LogP contribution in [0.25, 0.3) is 10.1 Å². The van der Waals surface area contributed by atoms with E-state index < -0.39 is 5.97 Å². The van der Waals surface area contributed by atoms with E-state index in [2.05, 4.69) is 4.98 Å². The highest BCUT2D eigenvalue weighted by atomic mass is 35.5. The van der Waals surface area contributed by atoms with Gasteiger partial charge in [0.1, 0.15) is 5.15 Å². The largest absolute Gasteiger partial charge is 0.478 e. The number of aromatic nitrogens is 1. The van der Waals surface area contributed by atoms with E-state index in [1.54, 1.807) is 6.07 Å². The number of carbonyl (C=O) groups is 1. The molecule has 0 aliphatic carbocycles. The molecular weight excluding hydrogens is 236 g/mol. The number of hydrogen-bond acceptors (Lipinski definition) is 4. The van der Waals surface area contributed by atoms with Crippen molar-refractivity contribution in [3.8, 4) is 0 Å². The molecule has 2 heterocycles. The summed E-state index contributed by atoms with van der Waals surface area (Å²) in [7, 11) is 0. The monoisotopic (exact) mass is 242 g/mol. The van der Waals surface area contributed by atoms with Crippen LogP contribution >= 0.6 is 22.9 Å². The summed E-state index contributed by atoms with van der Waals surface area (Å²) in [5.74, 6) is -1.01. The number of thiophene rings is 1. The van der Waals surface area contributed by atoms with Crippen LogP contribution in [-0.4, -0.2) is 16.1 Å². The minimum Gasteiger partial charge on any atom is -0.478 e. The van der Waals surface area contributed by atoms with Crippen LogP contribution < -0.4 is 5.73 Å². The van der Waals surface area contributed by atoms with Gasteiger partial charge in [0.05, 0.1) is 10.3 Å². The summed E-state index contributed by atoms with van der Waals surface area (Å²) < 4.78 is 0.628. The molecule has 0 saturated carbocycles. The smallest absolute Gasteiger partial charge is 0.338 e. The maximum absolute atomic E-state index is 10.9. The lowest BCUT2D eigenvalue weighted by atomic mass is 10.2. The van der Waals surface area contributed by atoms with Crippen molar-refractivity contribution in [3.05, 3.63) is 27.9 Å². The number of hydrogen-bond donors (Lipinski definition) is 2. The first-order valence-corrected chi connectivity index (χ1v) is 5.33. The van der Waals surface area contributed by atoms with E-state index in [4.69, 9.17) is 22.4 Å². The number of nitrogens with zero attached hydrogens (tertiary/aromatic N) is 1. The molecule has 15 heavy (non-hydrogen) atoms. The first-order valence-electron chi connectivity index (χ1n) is 4.13. The third-order valence-corrected chi connectivity index (χ3v) is 3.48. The average molecular weight is 243 g/mol. The number of carboxylic acid groups (broad SMARTS) is 1. The molecular formula is C9H7ClN2O2S. The third kappa shape index (κ3) is 1.69. The van der Waals surface area contributed by atoms with Gasteiger partial charge in [-0.3, -0.25) is 0 Å². The average Bonchev–Trinajstić information content (AvgIpc) is 2.62. The minimum absolute atomic E-state index is 0.166. The summed E-state index contributed by atoms with van der Waals surface area (Å²) in [6.07, 6.45) is 1.27. The van der Waals surface area contributed by atoms with E-state index in [1.165, 1.54) is 17.5 Å². The lowest BCUT2D eigenvalue weighted by Gasteiger charge is -1.96. The van der Waals surface area contributed by atoms with E-state index in [0.29, 0.717) is 21.8 Å². The maximum atomic E-state index is 10.9. The van der Waals surface area contributed by atoms with Crippen molar-refractivity contribution < 1.29 is 9.90 Å². The number of rotatable bonds is 2. The second-order valence-electron chi connectivity index (χ2n) is 2.93. The molecule has 0 spiro atoms. The van der Waals surface area contributed by atoms with Crippen LogP contribution in [0.2, 0.25) is 5.15 Å². The molecule has 2 aromatic heterocycles. The molecule has 0 bridgehead atoms. The maximum Gasteiger partial charge on any atom is 0.338 e. The van der Waals surface area contributed by atoms with Crippen LogP contribution in [0.5, 0.6) is 0 Å². The second-order valence-corrected chi connectivity index (χ2v) is 4.42. The minimum atomic E-state index is -1.01. The molecule has 4 nitrogen and oxygen atoms in total. The molecule has 0 radical (unpaired) electrons. The molecule has 0 atom stereocenters. The van der Waals surface area contributed by atoms with E-state index in [9.17, 15) is 4.79 Å². The zero-order chi connectivity index (χ0) is 11.0. The van der Waals surface area contributed by atoms with Gasteiger partial charge >= 0.3 is 5.97 Å². The fourth-order valence-corrected chi connectivity index (χ4v) is 2.59. The lowest BCUT2D eigenvalue weighted by molar-refractivity contribution is 0.0699. The highest BCUT2D eigenvalue weighted by Crippen LogP contribution is 2.32. The number of carboxylic acids is 1. The predicted octanol–water partition coefficient (Wildman–Crippen LogP) is 2.11. The zero-order valence-corrected chi connectivity index (χ0v) is 9.10. The highest BCUT2D eigenvalue weighted by Gasteiger charge is 2.14.